The van der Waals surface area contributed by atoms with Crippen LogP contribution in [0.1, 0.15) is 43.2 Å². The molecule has 0 radical (unpaired) electrons. The van der Waals surface area contributed by atoms with Crippen molar-refractivity contribution in [1.29, 1.82) is 0 Å². The summed E-state index contributed by atoms with van der Waals surface area (Å²) in [4.78, 5) is 12.0. The number of hydrogen-bond donors (Lipinski definition) is 1. The minimum atomic E-state index is -3.33. The molecule has 0 atom stereocenters. The smallest absolute Gasteiger partial charge is 0.314 e. The Labute approximate surface area is 119 Å². The zero-order valence-corrected chi connectivity index (χ0v) is 12.7. The summed E-state index contributed by atoms with van der Waals surface area (Å²) in [6.45, 7) is 1.85. The Morgan fingerprint density at radius 3 is 2.30 bits per heavy atom. The largest absolute Gasteiger partial charge is 0.481 e. The van der Waals surface area contributed by atoms with Gasteiger partial charge in [-0.1, -0.05) is 25.3 Å². The summed E-state index contributed by atoms with van der Waals surface area (Å²) in [5, 5.41) is 9.71. The van der Waals surface area contributed by atoms with Crippen molar-refractivity contribution in [3.8, 4) is 0 Å². The summed E-state index contributed by atoms with van der Waals surface area (Å²) in [5.41, 5.74) is 0.581. The molecule has 0 amide bonds. The van der Waals surface area contributed by atoms with Crippen molar-refractivity contribution in [2.24, 2.45) is 0 Å². The molecule has 1 N–H and O–H groups in total. The first-order valence-corrected chi connectivity index (χ1v) is 8.71. The summed E-state index contributed by atoms with van der Waals surface area (Å²) >= 11 is 0. The zero-order chi connectivity index (χ0) is 15.0. The lowest BCUT2D eigenvalue weighted by molar-refractivity contribution is -0.145. The fourth-order valence-corrected chi connectivity index (χ4v) is 3.75. The van der Waals surface area contributed by atoms with Gasteiger partial charge in [0.2, 0.25) is 0 Å². The summed E-state index contributed by atoms with van der Waals surface area (Å²) < 4.78 is 23.4. The molecule has 0 aromatic heterocycles. The molecule has 1 aromatic rings. The molecule has 0 saturated heterocycles. The summed E-state index contributed by atoms with van der Waals surface area (Å²) in [5.74, 6) is -0.842. The molecular weight excluding hydrogens is 276 g/mol. The van der Waals surface area contributed by atoms with Crippen molar-refractivity contribution < 1.29 is 18.3 Å². The van der Waals surface area contributed by atoms with Gasteiger partial charge in [0, 0.05) is 6.26 Å². The Morgan fingerprint density at radius 2 is 1.80 bits per heavy atom. The van der Waals surface area contributed by atoms with Crippen LogP contribution in [0.15, 0.2) is 23.1 Å². The van der Waals surface area contributed by atoms with Crippen molar-refractivity contribution in [2.45, 2.75) is 49.3 Å². The third kappa shape index (κ3) is 2.59. The van der Waals surface area contributed by atoms with Gasteiger partial charge in [0.05, 0.1) is 10.3 Å². The molecule has 1 saturated carbocycles. The van der Waals surface area contributed by atoms with E-state index in [-0.39, 0.29) is 4.90 Å². The zero-order valence-electron chi connectivity index (χ0n) is 11.8. The van der Waals surface area contributed by atoms with Gasteiger partial charge in [-0.15, -0.1) is 0 Å². The maximum Gasteiger partial charge on any atom is 0.314 e. The molecule has 1 aliphatic rings. The highest BCUT2D eigenvalue weighted by molar-refractivity contribution is 7.90. The summed E-state index contributed by atoms with van der Waals surface area (Å²) in [7, 11) is -3.33. The molecule has 20 heavy (non-hydrogen) atoms. The number of carboxylic acid groups (broad SMARTS) is 1. The van der Waals surface area contributed by atoms with E-state index >= 15 is 0 Å². The topological polar surface area (TPSA) is 71.4 Å². The quantitative estimate of drug-likeness (QED) is 0.931. The van der Waals surface area contributed by atoms with Crippen LogP contribution in [0.5, 0.6) is 0 Å². The van der Waals surface area contributed by atoms with Crippen LogP contribution in [-0.2, 0) is 20.0 Å². The number of aliphatic carboxylic acids is 1. The Hall–Kier alpha value is -1.36. The van der Waals surface area contributed by atoms with Gasteiger partial charge in [-0.3, -0.25) is 4.79 Å². The van der Waals surface area contributed by atoms with Crippen LogP contribution in [0.4, 0.5) is 0 Å². The highest BCUT2D eigenvalue weighted by Crippen LogP contribution is 2.41. The molecular formula is C15H20O4S. The molecule has 0 bridgehead atoms. The van der Waals surface area contributed by atoms with Gasteiger partial charge in [0.25, 0.3) is 0 Å². The molecule has 1 fully saturated rings. The van der Waals surface area contributed by atoms with Crippen LogP contribution in [0.2, 0.25) is 0 Å². The highest BCUT2D eigenvalue weighted by atomic mass is 32.2. The lowest BCUT2D eigenvalue weighted by atomic mass is 9.68. The minimum Gasteiger partial charge on any atom is -0.481 e. The fraction of sp³-hybridized carbons (Fsp3) is 0.533. The molecule has 0 heterocycles. The Balaban J connectivity index is 2.62. The monoisotopic (exact) mass is 296 g/mol. The molecule has 1 aromatic carbocycles. The first-order valence-electron chi connectivity index (χ1n) is 6.82. The van der Waals surface area contributed by atoms with Crippen LogP contribution in [0, 0.1) is 6.92 Å². The summed E-state index contributed by atoms with van der Waals surface area (Å²) in [6.07, 6.45) is 5.09. The molecule has 0 spiro atoms. The van der Waals surface area contributed by atoms with Gasteiger partial charge in [-0.2, -0.15) is 0 Å². The van der Waals surface area contributed by atoms with E-state index < -0.39 is 21.2 Å². The Kier molecular flexibility index (Phi) is 3.91. The third-order valence-corrected chi connectivity index (χ3v) is 5.38. The van der Waals surface area contributed by atoms with Crippen molar-refractivity contribution >= 4 is 15.8 Å². The van der Waals surface area contributed by atoms with Gasteiger partial charge in [0.15, 0.2) is 9.84 Å². The van der Waals surface area contributed by atoms with E-state index in [1.54, 1.807) is 18.2 Å². The van der Waals surface area contributed by atoms with Gasteiger partial charge in [-0.25, -0.2) is 8.42 Å². The van der Waals surface area contributed by atoms with Crippen LogP contribution < -0.4 is 0 Å². The third-order valence-electron chi connectivity index (χ3n) is 4.27. The van der Waals surface area contributed by atoms with Gasteiger partial charge in [0.1, 0.15) is 0 Å². The molecule has 4 nitrogen and oxygen atoms in total. The number of aryl methyl sites for hydroxylation is 1. The Morgan fingerprint density at radius 1 is 1.20 bits per heavy atom. The van der Waals surface area contributed by atoms with Crippen LogP contribution >= 0.6 is 0 Å². The van der Waals surface area contributed by atoms with Crippen LogP contribution in [-0.4, -0.2) is 25.7 Å². The molecule has 2 rings (SSSR count). The molecule has 1 aliphatic carbocycles. The number of benzene rings is 1. The van der Waals surface area contributed by atoms with Gasteiger partial charge < -0.3 is 5.11 Å². The second-order valence-corrected chi connectivity index (χ2v) is 7.71. The first kappa shape index (κ1) is 15.0. The lowest BCUT2D eigenvalue weighted by Crippen LogP contribution is -2.38. The average molecular weight is 296 g/mol. The van der Waals surface area contributed by atoms with Crippen molar-refractivity contribution in [3.63, 3.8) is 0 Å². The molecule has 5 heteroatoms. The van der Waals surface area contributed by atoms with Crippen molar-refractivity contribution in [1.82, 2.24) is 0 Å². The standard InChI is InChI=1S/C15H20O4S/c1-11-6-7-12(20(2,18)19)10-13(11)15(14(16)17)8-4-3-5-9-15/h6-7,10H,3-5,8-9H2,1-2H3,(H,16,17). The predicted octanol–water partition coefficient (Wildman–Crippen LogP) is 2.69. The number of hydrogen-bond acceptors (Lipinski definition) is 3. The van der Waals surface area contributed by atoms with E-state index in [4.69, 9.17) is 0 Å². The molecule has 0 aliphatic heterocycles. The summed E-state index contributed by atoms with van der Waals surface area (Å²) in [6, 6.07) is 4.82. The van der Waals surface area contributed by atoms with Crippen molar-refractivity contribution in [3.05, 3.63) is 29.3 Å². The van der Waals surface area contributed by atoms with Gasteiger partial charge in [-0.05, 0) is 43.0 Å². The van der Waals surface area contributed by atoms with Crippen LogP contribution in [0.25, 0.3) is 0 Å². The van der Waals surface area contributed by atoms with E-state index in [0.717, 1.165) is 31.1 Å². The predicted molar refractivity (Wildman–Crippen MR) is 76.7 cm³/mol. The second kappa shape index (κ2) is 5.20. The molecule has 0 unspecified atom stereocenters. The fourth-order valence-electron chi connectivity index (χ4n) is 3.10. The number of rotatable bonds is 3. The number of carbonyl (C=O) groups is 1. The maximum absolute atomic E-state index is 11.8. The van der Waals surface area contributed by atoms with E-state index in [1.165, 1.54) is 0 Å². The van der Waals surface area contributed by atoms with E-state index in [1.807, 2.05) is 6.92 Å². The van der Waals surface area contributed by atoms with E-state index in [2.05, 4.69) is 0 Å². The lowest BCUT2D eigenvalue weighted by Gasteiger charge is -2.35. The normalized spacial score (nSPS) is 18.7. The second-order valence-electron chi connectivity index (χ2n) is 5.70. The minimum absolute atomic E-state index is 0.198. The maximum atomic E-state index is 11.8. The molecule has 110 valence electrons. The van der Waals surface area contributed by atoms with E-state index in [0.29, 0.717) is 18.4 Å². The Bertz CT molecular complexity index is 625. The average Bonchev–Trinajstić information content (AvgIpc) is 2.38. The van der Waals surface area contributed by atoms with Crippen LogP contribution in [0.3, 0.4) is 0 Å². The highest BCUT2D eigenvalue weighted by Gasteiger charge is 2.42. The van der Waals surface area contributed by atoms with Gasteiger partial charge >= 0.3 is 5.97 Å². The first-order chi connectivity index (χ1) is 9.27. The van der Waals surface area contributed by atoms with Crippen molar-refractivity contribution in [2.75, 3.05) is 6.26 Å². The van der Waals surface area contributed by atoms with E-state index in [9.17, 15) is 18.3 Å². The SMILES string of the molecule is Cc1ccc(S(C)(=O)=O)cc1C1(C(=O)O)CCCCC1. The number of carboxylic acids is 1. The number of sulfone groups is 1.